The number of ether oxygens (including phenoxy) is 1. The quantitative estimate of drug-likeness (QED) is 0.128. The normalized spacial score (nSPS) is 12.9. The van der Waals surface area contributed by atoms with E-state index >= 15 is 0 Å². The third-order valence-corrected chi connectivity index (χ3v) is 8.57. The number of benzene rings is 1. The topological polar surface area (TPSA) is 92.8 Å². The van der Waals surface area contributed by atoms with E-state index in [2.05, 4.69) is 28.2 Å². The first-order chi connectivity index (χ1) is 18.0. The van der Waals surface area contributed by atoms with Crippen molar-refractivity contribution in [3.63, 3.8) is 0 Å². The molecule has 10 heteroatoms. The number of carbonyl (C=O) groups excluding carboxylic acids is 1. The van der Waals surface area contributed by atoms with E-state index in [4.69, 9.17) is 16.3 Å². The van der Waals surface area contributed by atoms with Crippen LogP contribution in [0.4, 0.5) is 5.00 Å². The van der Waals surface area contributed by atoms with Gasteiger partial charge in [0.25, 0.3) is 0 Å². The Morgan fingerprint density at radius 3 is 2.97 bits per heavy atom. The minimum atomic E-state index is -0.153. The van der Waals surface area contributed by atoms with Gasteiger partial charge in [0.1, 0.15) is 22.6 Å². The van der Waals surface area contributed by atoms with Crippen LogP contribution in [0.2, 0.25) is 5.02 Å². The van der Waals surface area contributed by atoms with Crippen LogP contribution >= 0.6 is 34.7 Å². The number of fused-ring (bicyclic) bond motifs is 1. The molecule has 1 aliphatic rings. The number of aryl methyl sites for hydroxylation is 3. The molecule has 1 aliphatic carbocycles. The summed E-state index contributed by atoms with van der Waals surface area (Å²) < 4.78 is 7.87. The number of hydrogen-bond acceptors (Lipinski definition) is 7. The summed E-state index contributed by atoms with van der Waals surface area (Å²) in [6.45, 7) is 6.92. The number of allylic oxidation sites excluding steroid dienone is 1. The van der Waals surface area contributed by atoms with Crippen LogP contribution in [0.1, 0.15) is 53.1 Å². The van der Waals surface area contributed by atoms with Gasteiger partial charge in [-0.05, 0) is 68.4 Å². The van der Waals surface area contributed by atoms with Crippen molar-refractivity contribution in [2.45, 2.75) is 63.6 Å². The smallest absolute Gasteiger partial charge is 0.235 e. The highest BCUT2D eigenvalue weighted by Gasteiger charge is 2.21. The second kappa shape index (κ2) is 13.1. The molecule has 0 atom stereocenters. The van der Waals surface area contributed by atoms with Gasteiger partial charge in [0, 0.05) is 22.9 Å². The number of nitrogens with one attached hydrogen (secondary N) is 1. The zero-order valence-electron chi connectivity index (χ0n) is 20.9. The molecule has 0 radical (unpaired) electrons. The highest BCUT2D eigenvalue weighted by atomic mass is 35.5. The van der Waals surface area contributed by atoms with E-state index in [0.717, 1.165) is 54.8 Å². The molecule has 2 aromatic heterocycles. The predicted molar refractivity (Wildman–Crippen MR) is 150 cm³/mol. The van der Waals surface area contributed by atoms with Gasteiger partial charge in [-0.3, -0.25) is 4.79 Å². The number of carbonyl (C=O) groups is 1. The number of hydrogen-bond donors (Lipinski definition) is 1. The molecule has 0 spiro atoms. The molecular formula is C27H30ClN5O2S2. The number of nitrogens with zero attached hydrogens (tertiary/aromatic N) is 4. The first-order valence-corrected chi connectivity index (χ1v) is 14.6. The summed E-state index contributed by atoms with van der Waals surface area (Å²) in [5.41, 5.74) is 2.76. The molecule has 0 saturated carbocycles. The first kappa shape index (κ1) is 27.2. The van der Waals surface area contributed by atoms with Crippen LogP contribution in [0.15, 0.2) is 36.0 Å². The summed E-state index contributed by atoms with van der Waals surface area (Å²) in [6.07, 6.45) is 8.56. The molecule has 1 N–H and O–H groups in total. The lowest BCUT2D eigenvalue weighted by Crippen LogP contribution is -2.15. The van der Waals surface area contributed by atoms with Crippen LogP contribution in [-0.4, -0.2) is 33.0 Å². The molecule has 0 fully saturated rings. The third kappa shape index (κ3) is 6.95. The summed E-state index contributed by atoms with van der Waals surface area (Å²) in [7, 11) is 0. The molecule has 4 rings (SSSR count). The van der Waals surface area contributed by atoms with E-state index in [1.54, 1.807) is 17.4 Å². The van der Waals surface area contributed by atoms with Gasteiger partial charge in [-0.2, -0.15) is 5.26 Å². The fraction of sp³-hybridized carbons (Fsp3) is 0.407. The van der Waals surface area contributed by atoms with Gasteiger partial charge in [0.2, 0.25) is 5.91 Å². The van der Waals surface area contributed by atoms with E-state index in [1.165, 1.54) is 23.1 Å². The van der Waals surface area contributed by atoms with Gasteiger partial charge < -0.3 is 14.6 Å². The number of thioether (sulfide) groups is 1. The molecular weight excluding hydrogens is 526 g/mol. The van der Waals surface area contributed by atoms with Crippen molar-refractivity contribution in [3.8, 4) is 11.8 Å². The van der Waals surface area contributed by atoms with Crippen molar-refractivity contribution < 1.29 is 9.53 Å². The molecule has 1 amide bonds. The standard InChI is InChI=1S/C27H30ClN5O2S2/c1-3-13-33-24(10-7-14-35-22-12-11-19(28)15-18(22)2)31-32-27(33)36-17-25(34)30-26-21(16-29)20-8-5-4-6-9-23(20)37-26/h3,11-12,15H,1,4-10,13-14,17H2,2H3,(H,30,34). The maximum absolute atomic E-state index is 12.8. The Labute approximate surface area is 230 Å². The van der Waals surface area contributed by atoms with Crippen LogP contribution in [0.25, 0.3) is 0 Å². The van der Waals surface area contributed by atoms with Crippen LogP contribution in [0.5, 0.6) is 5.75 Å². The monoisotopic (exact) mass is 555 g/mol. The summed E-state index contributed by atoms with van der Waals surface area (Å²) in [6, 6.07) is 7.89. The van der Waals surface area contributed by atoms with Crippen molar-refractivity contribution in [1.29, 1.82) is 5.26 Å². The van der Waals surface area contributed by atoms with Gasteiger partial charge in [-0.15, -0.1) is 28.1 Å². The first-order valence-electron chi connectivity index (χ1n) is 12.4. The minimum absolute atomic E-state index is 0.153. The second-order valence-corrected chi connectivity index (χ2v) is 11.4. The molecule has 194 valence electrons. The molecule has 37 heavy (non-hydrogen) atoms. The average molecular weight is 556 g/mol. The molecule has 0 bridgehead atoms. The highest BCUT2D eigenvalue weighted by Crippen LogP contribution is 2.37. The SMILES string of the molecule is C=CCn1c(CCCOc2ccc(Cl)cc2C)nnc1SCC(=O)Nc1sc2c(c1C#N)CCCCC2. The maximum Gasteiger partial charge on any atom is 0.235 e. The van der Waals surface area contributed by atoms with Gasteiger partial charge in [-0.25, -0.2) is 0 Å². The maximum atomic E-state index is 12.8. The fourth-order valence-corrected chi connectivity index (χ4v) is 6.60. The molecule has 0 aliphatic heterocycles. The lowest BCUT2D eigenvalue weighted by atomic mass is 10.1. The number of amides is 1. The average Bonchev–Trinajstić information content (AvgIpc) is 3.32. The Morgan fingerprint density at radius 2 is 2.19 bits per heavy atom. The van der Waals surface area contributed by atoms with E-state index < -0.39 is 0 Å². The summed E-state index contributed by atoms with van der Waals surface area (Å²) >= 11 is 8.89. The van der Waals surface area contributed by atoms with Crippen molar-refractivity contribution in [2.75, 3.05) is 17.7 Å². The van der Waals surface area contributed by atoms with Crippen molar-refractivity contribution >= 4 is 45.6 Å². The number of thiophene rings is 1. The second-order valence-electron chi connectivity index (χ2n) is 8.88. The zero-order valence-corrected chi connectivity index (χ0v) is 23.3. The Balaban J connectivity index is 1.32. The number of halogens is 1. The Kier molecular flexibility index (Phi) is 9.67. The third-order valence-electron chi connectivity index (χ3n) is 6.16. The molecule has 0 saturated heterocycles. The number of aromatic nitrogens is 3. The Morgan fingerprint density at radius 1 is 1.35 bits per heavy atom. The van der Waals surface area contributed by atoms with Crippen molar-refractivity contribution in [3.05, 3.63) is 63.3 Å². The van der Waals surface area contributed by atoms with E-state index in [1.807, 2.05) is 29.7 Å². The summed E-state index contributed by atoms with van der Waals surface area (Å²) in [5.74, 6) is 1.68. The van der Waals surface area contributed by atoms with Gasteiger partial charge in [0.15, 0.2) is 5.16 Å². The van der Waals surface area contributed by atoms with Crippen LogP contribution in [0.3, 0.4) is 0 Å². The summed E-state index contributed by atoms with van der Waals surface area (Å²) in [4.78, 5) is 14.0. The minimum Gasteiger partial charge on any atom is -0.493 e. The van der Waals surface area contributed by atoms with Crippen molar-refractivity contribution in [1.82, 2.24) is 14.8 Å². The van der Waals surface area contributed by atoms with Crippen LogP contribution in [0, 0.1) is 18.3 Å². The molecule has 0 unspecified atom stereocenters. The highest BCUT2D eigenvalue weighted by molar-refractivity contribution is 7.99. The summed E-state index contributed by atoms with van der Waals surface area (Å²) in [5, 5.41) is 23.4. The van der Waals surface area contributed by atoms with Gasteiger partial charge >= 0.3 is 0 Å². The van der Waals surface area contributed by atoms with Crippen molar-refractivity contribution in [2.24, 2.45) is 0 Å². The lowest BCUT2D eigenvalue weighted by molar-refractivity contribution is -0.113. The van der Waals surface area contributed by atoms with E-state index in [-0.39, 0.29) is 11.7 Å². The molecule has 7 nitrogen and oxygen atoms in total. The Hall–Kier alpha value is -2.80. The van der Waals surface area contributed by atoms with E-state index in [0.29, 0.717) is 40.3 Å². The number of rotatable bonds is 11. The number of nitriles is 1. The molecule has 1 aromatic carbocycles. The lowest BCUT2D eigenvalue weighted by Gasteiger charge is -2.10. The fourth-order valence-electron chi connectivity index (χ4n) is 4.35. The Bertz CT molecular complexity index is 1310. The predicted octanol–water partition coefficient (Wildman–Crippen LogP) is 6.37. The van der Waals surface area contributed by atoms with Gasteiger partial charge in [0.05, 0.1) is 17.9 Å². The van der Waals surface area contributed by atoms with Gasteiger partial charge in [-0.1, -0.05) is 35.9 Å². The largest absolute Gasteiger partial charge is 0.493 e. The number of anilines is 1. The zero-order chi connectivity index (χ0) is 26.2. The van der Waals surface area contributed by atoms with Crippen LogP contribution in [-0.2, 0) is 30.6 Å². The van der Waals surface area contributed by atoms with E-state index in [9.17, 15) is 10.1 Å². The van der Waals surface area contributed by atoms with Crippen LogP contribution < -0.4 is 10.1 Å². The molecule has 2 heterocycles. The molecule has 3 aromatic rings.